The fourth-order valence-corrected chi connectivity index (χ4v) is 3.94. The summed E-state index contributed by atoms with van der Waals surface area (Å²) in [5, 5.41) is 4.72. The van der Waals surface area contributed by atoms with Crippen molar-refractivity contribution < 1.29 is 19.1 Å². The fourth-order valence-electron chi connectivity index (χ4n) is 3.22. The Morgan fingerprint density at radius 1 is 0.969 bits per heavy atom. The highest BCUT2D eigenvalue weighted by atomic mass is 32.1. The molecule has 0 aliphatic rings. The quantitative estimate of drug-likeness (QED) is 0.416. The normalized spacial score (nSPS) is 10.4. The van der Waals surface area contributed by atoms with Gasteiger partial charge >= 0.3 is 6.09 Å². The number of carbonyl (C=O) groups is 2. The molecule has 2 amide bonds. The zero-order valence-corrected chi connectivity index (χ0v) is 19.0. The molecule has 0 radical (unpaired) electrons. The van der Waals surface area contributed by atoms with Gasteiger partial charge in [-0.3, -0.25) is 4.79 Å². The van der Waals surface area contributed by atoms with Crippen molar-refractivity contribution in [3.63, 3.8) is 0 Å². The topological polar surface area (TPSA) is 67.9 Å². The van der Waals surface area contributed by atoms with E-state index in [-0.39, 0.29) is 12.5 Å². The van der Waals surface area contributed by atoms with Crippen LogP contribution in [-0.2, 0) is 29.2 Å². The highest BCUT2D eigenvalue weighted by Crippen LogP contribution is 2.22. The predicted octanol–water partition coefficient (Wildman–Crippen LogP) is 4.99. The maximum absolute atomic E-state index is 13.0. The van der Waals surface area contributed by atoms with Crippen LogP contribution in [0.2, 0.25) is 0 Å². The Kier molecular flexibility index (Phi) is 9.13. The van der Waals surface area contributed by atoms with Gasteiger partial charge in [-0.15, -0.1) is 11.3 Å². The monoisotopic (exact) mass is 452 g/mol. The number of nitrogens with one attached hydrogen (secondary N) is 1. The number of methoxy groups -OCH3 is 1. The molecular weight excluding hydrogens is 424 g/mol. The Bertz CT molecular complexity index is 977. The van der Waals surface area contributed by atoms with Crippen molar-refractivity contribution in [2.24, 2.45) is 0 Å². The van der Waals surface area contributed by atoms with E-state index in [4.69, 9.17) is 9.47 Å². The van der Waals surface area contributed by atoms with Crippen LogP contribution in [0.15, 0.2) is 72.1 Å². The molecule has 32 heavy (non-hydrogen) atoms. The first-order valence-corrected chi connectivity index (χ1v) is 11.4. The smallest absolute Gasteiger partial charge is 0.407 e. The number of rotatable bonds is 11. The Morgan fingerprint density at radius 2 is 1.75 bits per heavy atom. The number of ether oxygens (including phenoxy) is 2. The Balaban J connectivity index is 1.48. The molecule has 7 heteroatoms. The van der Waals surface area contributed by atoms with Crippen molar-refractivity contribution >= 4 is 23.3 Å². The van der Waals surface area contributed by atoms with Crippen molar-refractivity contribution in [2.75, 3.05) is 13.7 Å². The highest BCUT2D eigenvalue weighted by molar-refractivity contribution is 7.09. The van der Waals surface area contributed by atoms with Gasteiger partial charge in [-0.2, -0.15) is 0 Å². The number of hydrogen-bond acceptors (Lipinski definition) is 5. The van der Waals surface area contributed by atoms with E-state index >= 15 is 0 Å². The van der Waals surface area contributed by atoms with Crippen LogP contribution in [0.5, 0.6) is 5.75 Å². The van der Waals surface area contributed by atoms with Gasteiger partial charge in [0.2, 0.25) is 5.91 Å². The Hall–Kier alpha value is -3.32. The number of amides is 2. The lowest BCUT2D eigenvalue weighted by Crippen LogP contribution is -2.31. The molecule has 3 rings (SSSR count). The molecule has 0 unspecified atom stereocenters. The van der Waals surface area contributed by atoms with E-state index in [2.05, 4.69) is 5.32 Å². The summed E-state index contributed by atoms with van der Waals surface area (Å²) in [4.78, 5) is 27.8. The lowest BCUT2D eigenvalue weighted by atomic mass is 10.1. The summed E-state index contributed by atoms with van der Waals surface area (Å²) >= 11 is 1.63. The van der Waals surface area contributed by atoms with Crippen molar-refractivity contribution in [1.29, 1.82) is 0 Å². The zero-order valence-electron chi connectivity index (χ0n) is 18.2. The van der Waals surface area contributed by atoms with Gasteiger partial charge in [0, 0.05) is 30.0 Å². The second kappa shape index (κ2) is 12.5. The summed E-state index contributed by atoms with van der Waals surface area (Å²) in [5.74, 6) is 0.795. The molecule has 0 aliphatic carbocycles. The van der Waals surface area contributed by atoms with Gasteiger partial charge in [0.1, 0.15) is 12.4 Å². The summed E-state index contributed by atoms with van der Waals surface area (Å²) in [6.07, 6.45) is 0.386. The number of para-hydroxylation sites is 1. The molecule has 0 atom stereocenters. The van der Waals surface area contributed by atoms with E-state index in [0.717, 1.165) is 21.8 Å². The number of alkyl carbamates (subject to hydrolysis) is 1. The Labute approximate surface area is 192 Å². The molecule has 0 saturated carbocycles. The van der Waals surface area contributed by atoms with Crippen LogP contribution in [-0.4, -0.2) is 30.6 Å². The second-order valence-corrected chi connectivity index (χ2v) is 8.27. The third-order valence-corrected chi connectivity index (χ3v) is 5.74. The van der Waals surface area contributed by atoms with Crippen LogP contribution in [0.3, 0.4) is 0 Å². The molecule has 1 heterocycles. The van der Waals surface area contributed by atoms with E-state index in [1.54, 1.807) is 18.4 Å². The fraction of sp³-hybridized carbons (Fsp3) is 0.280. The summed E-state index contributed by atoms with van der Waals surface area (Å²) in [6.45, 7) is 1.61. The first-order chi connectivity index (χ1) is 15.7. The molecule has 6 nitrogen and oxygen atoms in total. The molecule has 1 aromatic heterocycles. The van der Waals surface area contributed by atoms with Crippen LogP contribution in [0, 0.1) is 0 Å². The van der Waals surface area contributed by atoms with Gasteiger partial charge in [-0.05, 0) is 29.5 Å². The van der Waals surface area contributed by atoms with Crippen LogP contribution >= 0.6 is 11.3 Å². The van der Waals surface area contributed by atoms with E-state index in [9.17, 15) is 9.59 Å². The largest absolute Gasteiger partial charge is 0.496 e. The predicted molar refractivity (Wildman–Crippen MR) is 125 cm³/mol. The van der Waals surface area contributed by atoms with Crippen LogP contribution in [0.1, 0.15) is 28.8 Å². The summed E-state index contributed by atoms with van der Waals surface area (Å²) in [7, 11) is 1.63. The SMILES string of the molecule is COc1ccccc1CN(Cc1cccs1)C(=O)CCCNC(=O)OCc1ccccc1. The standard InChI is InChI=1S/C25H28N2O4S/c1-30-23-13-6-5-11-21(23)17-27(18-22-12-8-16-32-22)24(28)14-7-15-26-25(29)31-19-20-9-3-2-4-10-20/h2-6,8-13,16H,7,14-15,17-19H2,1H3,(H,26,29). The van der Waals surface area contributed by atoms with Gasteiger partial charge in [-0.25, -0.2) is 4.79 Å². The molecule has 3 aromatic rings. The van der Waals surface area contributed by atoms with Crippen LogP contribution in [0.4, 0.5) is 4.79 Å². The molecule has 0 aliphatic heterocycles. The third kappa shape index (κ3) is 7.42. The van der Waals surface area contributed by atoms with E-state index < -0.39 is 6.09 Å². The first kappa shape index (κ1) is 23.3. The maximum atomic E-state index is 13.0. The number of nitrogens with zero attached hydrogens (tertiary/aromatic N) is 1. The van der Waals surface area contributed by atoms with E-state index in [0.29, 0.717) is 32.5 Å². The summed E-state index contributed by atoms with van der Waals surface area (Å²) in [6, 6.07) is 21.2. The molecule has 2 aromatic carbocycles. The maximum Gasteiger partial charge on any atom is 0.407 e. The number of carbonyl (C=O) groups excluding carboxylic acids is 2. The number of benzene rings is 2. The first-order valence-electron chi connectivity index (χ1n) is 10.5. The van der Waals surface area contributed by atoms with Gasteiger partial charge in [-0.1, -0.05) is 54.6 Å². The molecule has 0 spiro atoms. The average Bonchev–Trinajstić information content (AvgIpc) is 3.34. The summed E-state index contributed by atoms with van der Waals surface area (Å²) in [5.41, 5.74) is 1.89. The Morgan fingerprint density at radius 3 is 2.50 bits per heavy atom. The van der Waals surface area contributed by atoms with Gasteiger partial charge in [0.15, 0.2) is 0 Å². The number of thiophene rings is 1. The molecule has 0 bridgehead atoms. The lowest BCUT2D eigenvalue weighted by molar-refractivity contribution is -0.132. The molecule has 1 N–H and O–H groups in total. The zero-order chi connectivity index (χ0) is 22.6. The minimum absolute atomic E-state index is 0.0313. The van der Waals surface area contributed by atoms with Gasteiger partial charge in [0.25, 0.3) is 0 Å². The summed E-state index contributed by atoms with van der Waals surface area (Å²) < 4.78 is 10.6. The second-order valence-electron chi connectivity index (χ2n) is 7.23. The van der Waals surface area contributed by atoms with Crippen LogP contribution in [0.25, 0.3) is 0 Å². The van der Waals surface area contributed by atoms with Crippen molar-refractivity contribution in [3.8, 4) is 5.75 Å². The van der Waals surface area contributed by atoms with E-state index in [1.807, 2.05) is 77.0 Å². The van der Waals surface area contributed by atoms with Crippen molar-refractivity contribution in [3.05, 3.63) is 88.1 Å². The molecule has 0 fully saturated rings. The van der Waals surface area contributed by atoms with Crippen molar-refractivity contribution in [2.45, 2.75) is 32.5 Å². The average molecular weight is 453 g/mol. The van der Waals surface area contributed by atoms with Crippen LogP contribution < -0.4 is 10.1 Å². The van der Waals surface area contributed by atoms with Crippen molar-refractivity contribution in [1.82, 2.24) is 10.2 Å². The minimum Gasteiger partial charge on any atom is -0.496 e. The molecular formula is C25H28N2O4S. The van der Waals surface area contributed by atoms with E-state index in [1.165, 1.54) is 0 Å². The van der Waals surface area contributed by atoms with Gasteiger partial charge in [0.05, 0.1) is 13.7 Å². The third-order valence-electron chi connectivity index (χ3n) is 4.88. The molecule has 168 valence electrons. The highest BCUT2D eigenvalue weighted by Gasteiger charge is 2.17. The molecule has 0 saturated heterocycles. The minimum atomic E-state index is -0.481. The lowest BCUT2D eigenvalue weighted by Gasteiger charge is -2.23. The van der Waals surface area contributed by atoms with Gasteiger partial charge < -0.3 is 19.7 Å². The number of hydrogen-bond donors (Lipinski definition) is 1.